The first-order valence-corrected chi connectivity index (χ1v) is 15.7. The summed E-state index contributed by atoms with van der Waals surface area (Å²) >= 11 is 6.61. The molecule has 1 N–H and O–H groups in total. The number of aromatic nitrogens is 1. The largest absolute Gasteiger partial charge is 0.351 e. The predicted octanol–water partition coefficient (Wildman–Crippen LogP) is 5.31. The topological polar surface area (TPSA) is 99.7 Å². The summed E-state index contributed by atoms with van der Waals surface area (Å²) in [6.07, 6.45) is 6.12. The van der Waals surface area contributed by atoms with Crippen molar-refractivity contribution in [1.82, 2.24) is 10.3 Å². The second-order valence-corrected chi connectivity index (χ2v) is 12.9. The van der Waals surface area contributed by atoms with Crippen molar-refractivity contribution >= 4 is 44.9 Å². The number of nitrogens with zero attached hydrogens (tertiary/aromatic N) is 3. The van der Waals surface area contributed by atoms with E-state index in [0.717, 1.165) is 48.0 Å². The molecule has 0 bridgehead atoms. The molecule has 2 atom stereocenters. The van der Waals surface area contributed by atoms with Crippen LogP contribution in [0.4, 0.5) is 15.9 Å². The number of rotatable bonds is 7. The molecule has 8 nitrogen and oxygen atoms in total. The van der Waals surface area contributed by atoms with E-state index in [-0.39, 0.29) is 34.7 Å². The Balaban J connectivity index is 1.64. The normalized spacial score (nSPS) is 19.5. The van der Waals surface area contributed by atoms with Crippen LogP contribution in [-0.2, 0) is 19.6 Å². The summed E-state index contributed by atoms with van der Waals surface area (Å²) in [5.41, 5.74) is 1.23. The Morgan fingerprint density at radius 2 is 1.80 bits per heavy atom. The van der Waals surface area contributed by atoms with Gasteiger partial charge in [-0.3, -0.25) is 14.5 Å². The number of carbonyl (C=O) groups is 2. The Bertz CT molecular complexity index is 1550. The van der Waals surface area contributed by atoms with Crippen molar-refractivity contribution < 1.29 is 22.4 Å². The van der Waals surface area contributed by atoms with Crippen LogP contribution in [0.2, 0.25) is 5.02 Å². The van der Waals surface area contributed by atoms with Gasteiger partial charge in [0.2, 0.25) is 15.9 Å². The van der Waals surface area contributed by atoms with Gasteiger partial charge in [-0.25, -0.2) is 22.1 Å². The molecule has 11 heteroatoms. The van der Waals surface area contributed by atoms with Crippen LogP contribution in [-0.4, -0.2) is 43.1 Å². The van der Waals surface area contributed by atoms with Crippen LogP contribution in [0.1, 0.15) is 55.7 Å². The average Bonchev–Trinajstić information content (AvgIpc) is 3.27. The zero-order chi connectivity index (χ0) is 29.1. The maximum Gasteiger partial charge on any atom is 0.252 e. The van der Waals surface area contributed by atoms with Crippen molar-refractivity contribution in [2.24, 2.45) is 0 Å². The standard InChI is InChI=1S/C30H32ClFN4O4S/c1-20-14-16-33-27(18-20)36-26(15-17-41(36,39)40)30(38)35(23-11-7-8-21(32)19-23)28(24-12-5-6-13-25(24)31)29(37)34-22-9-3-2-4-10-22/h5-8,11-14,16,18-19,22,26,28H,2-4,9-10,15,17H2,1H3,(H,34,37)/t26-,28?/m0/s1. The lowest BCUT2D eigenvalue weighted by atomic mass is 9.94. The zero-order valence-corrected chi connectivity index (χ0v) is 24.2. The molecule has 5 rings (SSSR count). The van der Waals surface area contributed by atoms with Gasteiger partial charge < -0.3 is 5.32 Å². The molecule has 2 heterocycles. The number of sulfonamides is 1. The lowest BCUT2D eigenvalue weighted by molar-refractivity contribution is -0.127. The number of anilines is 2. The summed E-state index contributed by atoms with van der Waals surface area (Å²) in [5, 5.41) is 3.34. The van der Waals surface area contributed by atoms with E-state index in [1.165, 1.54) is 29.3 Å². The Morgan fingerprint density at radius 1 is 1.05 bits per heavy atom. The molecule has 3 aromatic rings. The highest BCUT2D eigenvalue weighted by molar-refractivity contribution is 7.93. The van der Waals surface area contributed by atoms with Gasteiger partial charge in [-0.1, -0.05) is 55.1 Å². The molecule has 1 saturated heterocycles. The molecule has 0 radical (unpaired) electrons. The smallest absolute Gasteiger partial charge is 0.252 e. The molecular weight excluding hydrogens is 567 g/mol. The van der Waals surface area contributed by atoms with Crippen LogP contribution in [0, 0.1) is 12.7 Å². The van der Waals surface area contributed by atoms with E-state index in [1.54, 1.807) is 43.3 Å². The number of halogens is 2. The molecule has 1 unspecified atom stereocenters. The minimum absolute atomic E-state index is 0.0257. The molecule has 41 heavy (non-hydrogen) atoms. The third-order valence-corrected chi connectivity index (χ3v) is 9.76. The first-order chi connectivity index (χ1) is 19.7. The first kappa shape index (κ1) is 29.0. The van der Waals surface area contributed by atoms with E-state index in [9.17, 15) is 22.4 Å². The van der Waals surface area contributed by atoms with Gasteiger partial charge in [0.15, 0.2) is 0 Å². The summed E-state index contributed by atoms with van der Waals surface area (Å²) in [6, 6.07) is 12.8. The number of hydrogen-bond acceptors (Lipinski definition) is 5. The summed E-state index contributed by atoms with van der Waals surface area (Å²) in [7, 11) is -3.89. The second kappa shape index (κ2) is 12.2. The molecule has 2 amide bonds. The second-order valence-electron chi connectivity index (χ2n) is 10.6. The van der Waals surface area contributed by atoms with E-state index >= 15 is 0 Å². The monoisotopic (exact) mass is 598 g/mol. The van der Waals surface area contributed by atoms with E-state index < -0.39 is 39.7 Å². The van der Waals surface area contributed by atoms with Crippen LogP contribution in [0.25, 0.3) is 0 Å². The van der Waals surface area contributed by atoms with Crippen molar-refractivity contribution in [3.63, 3.8) is 0 Å². The fourth-order valence-electron chi connectivity index (χ4n) is 5.65. The van der Waals surface area contributed by atoms with Gasteiger partial charge in [0.1, 0.15) is 23.7 Å². The molecule has 216 valence electrons. The van der Waals surface area contributed by atoms with Gasteiger partial charge in [0.05, 0.1) is 5.75 Å². The summed E-state index contributed by atoms with van der Waals surface area (Å²) in [5.74, 6) is -1.92. The third kappa shape index (κ3) is 6.23. The summed E-state index contributed by atoms with van der Waals surface area (Å²) < 4.78 is 42.1. The first-order valence-electron chi connectivity index (χ1n) is 13.7. The fourth-order valence-corrected chi connectivity index (χ4v) is 7.57. The Morgan fingerprint density at radius 3 is 2.51 bits per heavy atom. The fraction of sp³-hybridized carbons (Fsp3) is 0.367. The predicted molar refractivity (Wildman–Crippen MR) is 157 cm³/mol. The Hall–Kier alpha value is -3.50. The summed E-state index contributed by atoms with van der Waals surface area (Å²) in [6.45, 7) is 1.80. The van der Waals surface area contributed by atoms with Gasteiger partial charge in [-0.2, -0.15) is 0 Å². The van der Waals surface area contributed by atoms with Crippen molar-refractivity contribution in [2.45, 2.75) is 63.6 Å². The molecule has 1 aliphatic carbocycles. The molecule has 1 aliphatic heterocycles. The van der Waals surface area contributed by atoms with Crippen molar-refractivity contribution in [3.8, 4) is 0 Å². The Kier molecular flexibility index (Phi) is 8.60. The highest BCUT2D eigenvalue weighted by Gasteiger charge is 2.47. The van der Waals surface area contributed by atoms with Crippen molar-refractivity contribution in [3.05, 3.63) is 88.8 Å². The molecule has 0 spiro atoms. The van der Waals surface area contributed by atoms with E-state index in [0.29, 0.717) is 5.56 Å². The number of aryl methyl sites for hydroxylation is 1. The molecule has 2 fully saturated rings. The zero-order valence-electron chi connectivity index (χ0n) is 22.7. The number of hydrogen-bond donors (Lipinski definition) is 1. The van der Waals surface area contributed by atoms with Crippen molar-refractivity contribution in [1.29, 1.82) is 0 Å². The average molecular weight is 599 g/mol. The highest BCUT2D eigenvalue weighted by atomic mass is 35.5. The maximum absolute atomic E-state index is 14.6. The lowest BCUT2D eigenvalue weighted by Gasteiger charge is -2.36. The number of nitrogens with one attached hydrogen (secondary N) is 1. The highest BCUT2D eigenvalue weighted by Crippen LogP contribution is 2.37. The molecule has 1 aromatic heterocycles. The van der Waals surface area contributed by atoms with Crippen LogP contribution in [0.3, 0.4) is 0 Å². The van der Waals surface area contributed by atoms with Crippen molar-refractivity contribution in [2.75, 3.05) is 15.0 Å². The van der Waals surface area contributed by atoms with Crippen LogP contribution >= 0.6 is 11.6 Å². The SMILES string of the molecule is Cc1ccnc(N2[C@H](C(=O)N(c3cccc(F)c3)C(C(=O)NC3CCCCC3)c3ccccc3Cl)CCS2(=O)=O)c1. The summed E-state index contributed by atoms with van der Waals surface area (Å²) in [4.78, 5) is 34.1. The van der Waals surface area contributed by atoms with Gasteiger partial charge >= 0.3 is 0 Å². The quantitative estimate of drug-likeness (QED) is 0.397. The van der Waals surface area contributed by atoms with Gasteiger partial charge in [-0.15, -0.1) is 0 Å². The number of benzene rings is 2. The molecule has 1 saturated carbocycles. The van der Waals surface area contributed by atoms with E-state index in [2.05, 4.69) is 10.3 Å². The van der Waals surface area contributed by atoms with Gasteiger partial charge in [-0.05, 0) is 68.1 Å². The molecule has 2 aromatic carbocycles. The van der Waals surface area contributed by atoms with Crippen LogP contribution in [0.5, 0.6) is 0 Å². The third-order valence-electron chi connectivity index (χ3n) is 7.63. The van der Waals surface area contributed by atoms with Gasteiger partial charge in [0.25, 0.3) is 5.91 Å². The number of carbonyl (C=O) groups excluding carboxylic acids is 2. The maximum atomic E-state index is 14.6. The number of amides is 2. The minimum Gasteiger partial charge on any atom is -0.351 e. The van der Waals surface area contributed by atoms with E-state index in [4.69, 9.17) is 11.6 Å². The lowest BCUT2D eigenvalue weighted by Crippen LogP contribution is -2.53. The molecule has 2 aliphatic rings. The number of pyridine rings is 1. The van der Waals surface area contributed by atoms with E-state index in [1.807, 2.05) is 0 Å². The van der Waals surface area contributed by atoms with Crippen LogP contribution in [0.15, 0.2) is 66.9 Å². The molecular formula is C30H32ClFN4O4S. The Labute approximate surface area is 244 Å². The minimum atomic E-state index is -3.89. The van der Waals surface area contributed by atoms with Gasteiger partial charge in [0, 0.05) is 28.5 Å². The van der Waals surface area contributed by atoms with Crippen LogP contribution < -0.4 is 14.5 Å².